The molecule has 0 aliphatic heterocycles. The van der Waals surface area contributed by atoms with Crippen LogP contribution >= 0.6 is 11.3 Å². The molecule has 2 heterocycles. The second kappa shape index (κ2) is 5.47. The lowest BCUT2D eigenvalue weighted by molar-refractivity contribution is 0.425. The lowest BCUT2D eigenvalue weighted by Gasteiger charge is -2.11. The molecule has 0 aliphatic rings. The number of nitrogens with one attached hydrogen (secondary N) is 1. The van der Waals surface area contributed by atoms with Crippen LogP contribution in [0.5, 0.6) is 0 Å². The fourth-order valence-corrected chi connectivity index (χ4v) is 2.71. The number of nitrogens with zero attached hydrogens (tertiary/aromatic N) is 1. The predicted molar refractivity (Wildman–Crippen MR) is 70.2 cm³/mol. The maximum Gasteiger partial charge on any atom is 0.208 e. The van der Waals surface area contributed by atoms with Crippen molar-refractivity contribution in [3.63, 3.8) is 0 Å². The van der Waals surface area contributed by atoms with Gasteiger partial charge in [0.15, 0.2) is 0 Å². The van der Waals surface area contributed by atoms with Crippen LogP contribution in [0.25, 0.3) is 0 Å². The molecule has 0 saturated carbocycles. The summed E-state index contributed by atoms with van der Waals surface area (Å²) in [7, 11) is 0. The van der Waals surface area contributed by atoms with Crippen molar-refractivity contribution in [1.29, 1.82) is 0 Å². The Hall–Kier alpha value is -1.13. The van der Waals surface area contributed by atoms with Crippen LogP contribution in [0.15, 0.2) is 22.1 Å². The Balaban J connectivity index is 1.92. The molecular weight excluding hydrogens is 232 g/mol. The lowest BCUT2D eigenvalue weighted by Crippen LogP contribution is -2.17. The van der Waals surface area contributed by atoms with E-state index in [1.165, 1.54) is 10.4 Å². The van der Waals surface area contributed by atoms with Crippen LogP contribution in [0.3, 0.4) is 0 Å². The summed E-state index contributed by atoms with van der Waals surface area (Å²) in [6, 6.07) is 2.49. The zero-order chi connectivity index (χ0) is 12.3. The number of thiophene rings is 1. The lowest BCUT2D eigenvalue weighted by atomic mass is 10.2. The van der Waals surface area contributed by atoms with Gasteiger partial charge >= 0.3 is 0 Å². The van der Waals surface area contributed by atoms with Gasteiger partial charge in [-0.15, -0.1) is 11.3 Å². The molecule has 0 radical (unpaired) electrons. The van der Waals surface area contributed by atoms with E-state index < -0.39 is 0 Å². The highest BCUT2D eigenvalue weighted by Crippen LogP contribution is 2.23. The van der Waals surface area contributed by atoms with Crippen LogP contribution < -0.4 is 5.32 Å². The maximum atomic E-state index is 5.56. The fourth-order valence-electron chi connectivity index (χ4n) is 1.75. The minimum absolute atomic E-state index is 0.340. The second-order valence-electron chi connectivity index (χ2n) is 4.14. The zero-order valence-electron chi connectivity index (χ0n) is 10.5. The van der Waals surface area contributed by atoms with Crippen LogP contribution in [0.2, 0.25) is 0 Å². The molecule has 1 unspecified atom stereocenters. The summed E-state index contributed by atoms with van der Waals surface area (Å²) in [4.78, 5) is 5.62. The van der Waals surface area contributed by atoms with E-state index in [2.05, 4.69) is 42.5 Å². The Morgan fingerprint density at radius 2 is 2.35 bits per heavy atom. The summed E-state index contributed by atoms with van der Waals surface area (Å²) in [5, 5.41) is 5.56. The average Bonchev–Trinajstić information content (AvgIpc) is 2.94. The van der Waals surface area contributed by atoms with E-state index in [-0.39, 0.29) is 0 Å². The van der Waals surface area contributed by atoms with Gasteiger partial charge in [-0.1, -0.05) is 6.92 Å². The highest BCUT2D eigenvalue weighted by Gasteiger charge is 2.10. The molecule has 1 atom stereocenters. The van der Waals surface area contributed by atoms with Crippen molar-refractivity contribution < 1.29 is 4.42 Å². The Morgan fingerprint density at radius 3 is 2.94 bits per heavy atom. The number of hydrogen-bond donors (Lipinski definition) is 1. The summed E-state index contributed by atoms with van der Waals surface area (Å²) < 4.78 is 5.56. The zero-order valence-corrected chi connectivity index (χ0v) is 11.3. The van der Waals surface area contributed by atoms with E-state index in [0.717, 1.165) is 18.1 Å². The third-order valence-electron chi connectivity index (χ3n) is 2.80. The Kier molecular flexibility index (Phi) is 3.97. The van der Waals surface area contributed by atoms with Crippen LogP contribution in [0, 0.1) is 6.92 Å². The molecule has 0 bridgehead atoms. The van der Waals surface area contributed by atoms with Gasteiger partial charge in [0.2, 0.25) is 5.89 Å². The molecule has 2 aromatic rings. The van der Waals surface area contributed by atoms with Crippen molar-refractivity contribution in [3.8, 4) is 0 Å². The van der Waals surface area contributed by atoms with Crippen LogP contribution in [-0.4, -0.2) is 4.98 Å². The summed E-state index contributed by atoms with van der Waals surface area (Å²) in [6.45, 7) is 7.06. The monoisotopic (exact) mass is 250 g/mol. The average molecular weight is 250 g/mol. The van der Waals surface area contributed by atoms with Gasteiger partial charge in [0.25, 0.3) is 0 Å². The van der Waals surface area contributed by atoms with Crippen LogP contribution in [0.4, 0.5) is 0 Å². The topological polar surface area (TPSA) is 38.1 Å². The summed E-state index contributed by atoms with van der Waals surface area (Å²) >= 11 is 1.79. The predicted octanol–water partition coefficient (Wildman–Crippen LogP) is 3.46. The summed E-state index contributed by atoms with van der Waals surface area (Å²) in [6.07, 6.45) is 2.70. The molecule has 0 aliphatic carbocycles. The molecule has 92 valence electrons. The molecule has 17 heavy (non-hydrogen) atoms. The first-order valence-electron chi connectivity index (χ1n) is 5.91. The van der Waals surface area contributed by atoms with Crippen molar-refractivity contribution in [2.24, 2.45) is 0 Å². The van der Waals surface area contributed by atoms with E-state index in [0.29, 0.717) is 12.6 Å². The van der Waals surface area contributed by atoms with Crippen molar-refractivity contribution in [2.75, 3.05) is 0 Å². The minimum atomic E-state index is 0.340. The highest BCUT2D eigenvalue weighted by molar-refractivity contribution is 7.10. The highest BCUT2D eigenvalue weighted by atomic mass is 32.1. The van der Waals surface area contributed by atoms with Crippen molar-refractivity contribution in [1.82, 2.24) is 10.3 Å². The molecule has 1 N–H and O–H groups in total. The maximum absolute atomic E-state index is 5.56. The Morgan fingerprint density at radius 1 is 1.53 bits per heavy atom. The SMILES string of the molecule is CCc1cnc(CNC(C)c2sccc2C)o1. The molecule has 3 nitrogen and oxygen atoms in total. The number of hydrogen-bond acceptors (Lipinski definition) is 4. The van der Waals surface area contributed by atoms with Crippen molar-refractivity contribution in [3.05, 3.63) is 39.7 Å². The quantitative estimate of drug-likeness (QED) is 0.883. The van der Waals surface area contributed by atoms with Crippen LogP contribution in [0.1, 0.15) is 42.0 Å². The van der Waals surface area contributed by atoms with E-state index in [4.69, 9.17) is 4.42 Å². The first-order valence-corrected chi connectivity index (χ1v) is 6.79. The third kappa shape index (κ3) is 2.96. The number of aryl methyl sites for hydroxylation is 2. The first kappa shape index (κ1) is 12.3. The molecule has 2 rings (SSSR count). The Bertz CT molecular complexity index is 475. The third-order valence-corrected chi connectivity index (χ3v) is 4.01. The van der Waals surface area contributed by atoms with E-state index >= 15 is 0 Å². The minimum Gasteiger partial charge on any atom is -0.444 e. The van der Waals surface area contributed by atoms with Gasteiger partial charge in [0.05, 0.1) is 12.7 Å². The molecule has 0 amide bonds. The van der Waals surface area contributed by atoms with Gasteiger partial charge in [-0.25, -0.2) is 4.98 Å². The number of aromatic nitrogens is 1. The summed E-state index contributed by atoms with van der Waals surface area (Å²) in [5.41, 5.74) is 1.34. The van der Waals surface area contributed by atoms with E-state index in [1.807, 2.05) is 0 Å². The number of rotatable bonds is 5. The van der Waals surface area contributed by atoms with E-state index in [9.17, 15) is 0 Å². The molecule has 0 spiro atoms. The molecule has 0 saturated heterocycles. The van der Waals surface area contributed by atoms with Gasteiger partial charge in [0, 0.05) is 17.3 Å². The molecule has 2 aromatic heterocycles. The van der Waals surface area contributed by atoms with Gasteiger partial charge < -0.3 is 9.73 Å². The van der Waals surface area contributed by atoms with Crippen molar-refractivity contribution in [2.45, 2.75) is 39.8 Å². The molecule has 0 aromatic carbocycles. The number of oxazole rings is 1. The largest absolute Gasteiger partial charge is 0.444 e. The molecule has 0 fully saturated rings. The smallest absolute Gasteiger partial charge is 0.208 e. The van der Waals surface area contributed by atoms with E-state index in [1.54, 1.807) is 17.5 Å². The second-order valence-corrected chi connectivity index (χ2v) is 5.09. The normalized spacial score (nSPS) is 12.9. The summed E-state index contributed by atoms with van der Waals surface area (Å²) in [5.74, 6) is 1.71. The van der Waals surface area contributed by atoms with Gasteiger partial charge in [-0.2, -0.15) is 0 Å². The Labute approximate surface area is 106 Å². The molecule has 4 heteroatoms. The van der Waals surface area contributed by atoms with Gasteiger partial charge in [-0.3, -0.25) is 0 Å². The fraction of sp³-hybridized carbons (Fsp3) is 0.462. The van der Waals surface area contributed by atoms with Crippen molar-refractivity contribution >= 4 is 11.3 Å². The van der Waals surface area contributed by atoms with Gasteiger partial charge in [0.1, 0.15) is 5.76 Å². The first-order chi connectivity index (χ1) is 8.20. The molecular formula is C13H18N2OS. The standard InChI is InChI=1S/C13H18N2OS/c1-4-11-7-15-12(16-11)8-14-10(3)13-9(2)5-6-17-13/h5-7,10,14H,4,8H2,1-3H3. The van der Waals surface area contributed by atoms with Gasteiger partial charge in [-0.05, 0) is 30.9 Å². The van der Waals surface area contributed by atoms with Crippen LogP contribution in [-0.2, 0) is 13.0 Å².